The summed E-state index contributed by atoms with van der Waals surface area (Å²) in [4.78, 5) is 27.0. The van der Waals surface area contributed by atoms with E-state index in [4.69, 9.17) is 5.11 Å². The van der Waals surface area contributed by atoms with Crippen molar-refractivity contribution in [3.8, 4) is 0 Å². The number of carboxylic acid groups (broad SMARTS) is 1. The summed E-state index contributed by atoms with van der Waals surface area (Å²) in [6.07, 6.45) is 1.39. The third-order valence-electron chi connectivity index (χ3n) is 3.34. The largest absolute Gasteiger partial charge is 0.478 e. The lowest BCUT2D eigenvalue weighted by molar-refractivity contribution is 0.0690. The number of aromatic nitrogens is 3. The molecular weight excluding hydrogens is 272 g/mol. The van der Waals surface area contributed by atoms with E-state index < -0.39 is 11.9 Å². The van der Waals surface area contributed by atoms with Gasteiger partial charge in [-0.15, -0.1) is 0 Å². The number of pyridine rings is 1. The van der Waals surface area contributed by atoms with Crippen molar-refractivity contribution in [2.75, 3.05) is 0 Å². The van der Waals surface area contributed by atoms with Crippen LogP contribution in [0.2, 0.25) is 0 Å². The summed E-state index contributed by atoms with van der Waals surface area (Å²) in [6.45, 7) is 4.04. The van der Waals surface area contributed by atoms with Crippen LogP contribution in [-0.2, 0) is 13.6 Å². The molecule has 2 heterocycles. The first-order valence-electron chi connectivity index (χ1n) is 6.37. The monoisotopic (exact) mass is 288 g/mol. The van der Waals surface area contributed by atoms with Gasteiger partial charge in [-0.3, -0.25) is 14.5 Å². The lowest BCUT2D eigenvalue weighted by atomic mass is 10.1. The molecule has 7 nitrogen and oxygen atoms in total. The van der Waals surface area contributed by atoms with Gasteiger partial charge in [0.05, 0.1) is 11.3 Å². The van der Waals surface area contributed by atoms with Crippen LogP contribution >= 0.6 is 0 Å². The number of carboxylic acids is 1. The Morgan fingerprint density at radius 3 is 2.67 bits per heavy atom. The number of nitrogens with zero attached hydrogens (tertiary/aromatic N) is 3. The molecule has 0 aromatic carbocycles. The van der Waals surface area contributed by atoms with Gasteiger partial charge in [-0.2, -0.15) is 5.10 Å². The molecule has 0 radical (unpaired) electrons. The highest BCUT2D eigenvalue weighted by molar-refractivity contribution is 6.03. The van der Waals surface area contributed by atoms with Gasteiger partial charge in [0.25, 0.3) is 5.91 Å². The minimum absolute atomic E-state index is 0.0933. The van der Waals surface area contributed by atoms with E-state index >= 15 is 0 Å². The first kappa shape index (κ1) is 14.7. The third kappa shape index (κ3) is 2.91. The van der Waals surface area contributed by atoms with Gasteiger partial charge in [0.2, 0.25) is 0 Å². The Labute approximate surface area is 121 Å². The first-order valence-corrected chi connectivity index (χ1v) is 6.37. The number of carbonyl (C=O) groups excluding carboxylic acids is 1. The van der Waals surface area contributed by atoms with Gasteiger partial charge in [0.1, 0.15) is 5.69 Å². The Balaban J connectivity index is 2.18. The molecule has 0 aliphatic rings. The van der Waals surface area contributed by atoms with Gasteiger partial charge in [-0.1, -0.05) is 0 Å². The van der Waals surface area contributed by atoms with Crippen molar-refractivity contribution >= 4 is 11.9 Å². The first-order chi connectivity index (χ1) is 9.91. The van der Waals surface area contributed by atoms with Crippen LogP contribution in [0.5, 0.6) is 0 Å². The van der Waals surface area contributed by atoms with E-state index in [1.165, 1.54) is 18.3 Å². The van der Waals surface area contributed by atoms with Crippen LogP contribution < -0.4 is 5.32 Å². The molecule has 0 saturated carbocycles. The Kier molecular flexibility index (Phi) is 4.02. The second-order valence-corrected chi connectivity index (χ2v) is 4.66. The molecule has 2 rings (SSSR count). The highest BCUT2D eigenvalue weighted by Gasteiger charge is 2.18. The normalized spacial score (nSPS) is 10.4. The van der Waals surface area contributed by atoms with Crippen LogP contribution in [0.25, 0.3) is 0 Å². The molecule has 0 bridgehead atoms. The van der Waals surface area contributed by atoms with Crippen LogP contribution in [0, 0.1) is 13.8 Å². The molecule has 0 atom stereocenters. The predicted molar refractivity (Wildman–Crippen MR) is 75.0 cm³/mol. The third-order valence-corrected chi connectivity index (χ3v) is 3.34. The van der Waals surface area contributed by atoms with Gasteiger partial charge >= 0.3 is 5.97 Å². The molecule has 0 saturated heterocycles. The highest BCUT2D eigenvalue weighted by atomic mass is 16.4. The molecule has 2 N–H and O–H groups in total. The van der Waals surface area contributed by atoms with Crippen LogP contribution in [0.15, 0.2) is 18.3 Å². The molecule has 7 heteroatoms. The lowest BCUT2D eigenvalue weighted by Gasteiger charge is -2.07. The fourth-order valence-corrected chi connectivity index (χ4v) is 2.08. The number of hydrogen-bond acceptors (Lipinski definition) is 4. The lowest BCUT2D eigenvalue weighted by Crippen LogP contribution is -2.26. The molecule has 1 amide bonds. The predicted octanol–water partition coefficient (Wildman–Crippen LogP) is 1.06. The van der Waals surface area contributed by atoms with Crippen molar-refractivity contribution < 1.29 is 14.7 Å². The van der Waals surface area contributed by atoms with Crippen molar-refractivity contribution in [1.29, 1.82) is 0 Å². The molecule has 0 aliphatic carbocycles. The van der Waals surface area contributed by atoms with Crippen molar-refractivity contribution in [3.63, 3.8) is 0 Å². The summed E-state index contributed by atoms with van der Waals surface area (Å²) < 4.78 is 1.74. The van der Waals surface area contributed by atoms with E-state index in [2.05, 4.69) is 15.4 Å². The van der Waals surface area contributed by atoms with Crippen LogP contribution in [0.4, 0.5) is 0 Å². The summed E-state index contributed by atoms with van der Waals surface area (Å²) in [7, 11) is 1.83. The number of amides is 1. The fraction of sp³-hybridized carbons (Fsp3) is 0.286. The minimum Gasteiger partial charge on any atom is -0.478 e. The van der Waals surface area contributed by atoms with Crippen molar-refractivity contribution in [2.24, 2.45) is 7.05 Å². The summed E-state index contributed by atoms with van der Waals surface area (Å²) in [5, 5.41) is 16.0. The van der Waals surface area contributed by atoms with Crippen molar-refractivity contribution in [1.82, 2.24) is 20.1 Å². The maximum Gasteiger partial charge on any atom is 0.338 e. The quantitative estimate of drug-likeness (QED) is 0.876. The summed E-state index contributed by atoms with van der Waals surface area (Å²) in [6, 6.07) is 2.83. The van der Waals surface area contributed by atoms with Crippen molar-refractivity contribution in [3.05, 3.63) is 46.5 Å². The van der Waals surface area contributed by atoms with E-state index in [-0.39, 0.29) is 17.8 Å². The van der Waals surface area contributed by atoms with E-state index in [9.17, 15) is 9.59 Å². The SMILES string of the molecule is Cc1nn(C)c(C)c1CNC(=O)c1ncccc1C(=O)O. The number of aryl methyl sites for hydroxylation is 2. The Morgan fingerprint density at radius 2 is 2.10 bits per heavy atom. The Morgan fingerprint density at radius 1 is 1.38 bits per heavy atom. The number of hydrogen-bond donors (Lipinski definition) is 2. The molecular formula is C14H16N4O3. The highest BCUT2D eigenvalue weighted by Crippen LogP contribution is 2.12. The fourth-order valence-electron chi connectivity index (χ4n) is 2.08. The molecule has 0 spiro atoms. The number of rotatable bonds is 4. The van der Waals surface area contributed by atoms with Gasteiger partial charge < -0.3 is 10.4 Å². The average Bonchev–Trinajstić information content (AvgIpc) is 2.70. The van der Waals surface area contributed by atoms with Gasteiger partial charge in [0, 0.05) is 31.0 Å². The van der Waals surface area contributed by atoms with Crippen molar-refractivity contribution in [2.45, 2.75) is 20.4 Å². The standard InChI is InChI=1S/C14H16N4O3/c1-8-11(9(2)18(3)17-8)7-16-13(19)12-10(14(20)21)5-4-6-15-12/h4-6H,7H2,1-3H3,(H,16,19)(H,20,21). The Bertz CT molecular complexity index is 706. The molecule has 110 valence electrons. The Hall–Kier alpha value is -2.70. The van der Waals surface area contributed by atoms with Crippen LogP contribution in [-0.4, -0.2) is 31.7 Å². The smallest absolute Gasteiger partial charge is 0.338 e. The number of carbonyl (C=O) groups is 2. The zero-order valence-electron chi connectivity index (χ0n) is 12.0. The van der Waals surface area contributed by atoms with E-state index in [1.807, 2.05) is 20.9 Å². The maximum atomic E-state index is 12.1. The molecule has 2 aromatic rings. The topological polar surface area (TPSA) is 97.1 Å². The maximum absolute atomic E-state index is 12.1. The van der Waals surface area contributed by atoms with Gasteiger partial charge in [0.15, 0.2) is 0 Å². The van der Waals surface area contributed by atoms with E-state index in [0.717, 1.165) is 17.0 Å². The minimum atomic E-state index is -1.18. The molecule has 0 fully saturated rings. The summed E-state index contributed by atoms with van der Waals surface area (Å²) >= 11 is 0. The zero-order chi connectivity index (χ0) is 15.6. The molecule has 0 aliphatic heterocycles. The van der Waals surface area contributed by atoms with Gasteiger partial charge in [-0.25, -0.2) is 4.79 Å². The van der Waals surface area contributed by atoms with Gasteiger partial charge in [-0.05, 0) is 26.0 Å². The molecule has 0 unspecified atom stereocenters. The number of aromatic carboxylic acids is 1. The summed E-state index contributed by atoms with van der Waals surface area (Å²) in [5.74, 6) is -1.70. The summed E-state index contributed by atoms with van der Waals surface area (Å²) in [5.41, 5.74) is 2.49. The second kappa shape index (κ2) is 5.74. The second-order valence-electron chi connectivity index (χ2n) is 4.66. The number of nitrogens with one attached hydrogen (secondary N) is 1. The van der Waals surface area contributed by atoms with Crippen LogP contribution in [0.3, 0.4) is 0 Å². The molecule has 21 heavy (non-hydrogen) atoms. The zero-order valence-corrected chi connectivity index (χ0v) is 12.0. The van der Waals surface area contributed by atoms with E-state index in [0.29, 0.717) is 0 Å². The van der Waals surface area contributed by atoms with Crippen LogP contribution in [0.1, 0.15) is 37.8 Å². The molecule has 2 aromatic heterocycles. The average molecular weight is 288 g/mol. The van der Waals surface area contributed by atoms with E-state index in [1.54, 1.807) is 4.68 Å².